The fraction of sp³-hybridized carbons (Fsp3) is 0.200. The second-order valence-corrected chi connectivity index (χ2v) is 8.67. The molecule has 0 aliphatic carbocycles. The van der Waals surface area contributed by atoms with E-state index in [0.29, 0.717) is 30.7 Å². The lowest BCUT2D eigenvalue weighted by Gasteiger charge is -2.17. The summed E-state index contributed by atoms with van der Waals surface area (Å²) >= 11 is 6.37. The number of aromatic nitrogens is 2. The molecule has 0 bridgehead atoms. The number of hydrogen-bond donors (Lipinski definition) is 0. The number of fused-ring (bicyclic) bond motifs is 1. The van der Waals surface area contributed by atoms with Gasteiger partial charge >= 0.3 is 0 Å². The lowest BCUT2D eigenvalue weighted by atomic mass is 10.1. The van der Waals surface area contributed by atoms with Crippen LogP contribution in [0.25, 0.3) is 16.6 Å². The Kier molecular flexibility index (Phi) is 4.71. The number of nitrogens with zero attached hydrogens (tertiary/aromatic N) is 3. The van der Waals surface area contributed by atoms with Crippen molar-refractivity contribution in [3.8, 4) is 6.07 Å². The first kappa shape index (κ1) is 18.7. The number of benzene rings is 1. The average Bonchev–Trinajstić information content (AvgIpc) is 3.11. The average molecular weight is 414 g/mol. The van der Waals surface area contributed by atoms with Crippen LogP contribution >= 0.6 is 11.6 Å². The van der Waals surface area contributed by atoms with E-state index in [1.54, 1.807) is 30.3 Å². The van der Waals surface area contributed by atoms with E-state index < -0.39 is 10.0 Å². The molecule has 0 fully saturated rings. The maximum Gasteiger partial charge on any atom is 0.269 e. The van der Waals surface area contributed by atoms with Gasteiger partial charge in [0.1, 0.15) is 6.07 Å². The van der Waals surface area contributed by atoms with E-state index in [9.17, 15) is 13.7 Å². The Morgan fingerprint density at radius 1 is 1.29 bits per heavy atom. The predicted octanol–water partition coefficient (Wildman–Crippen LogP) is 3.91. The highest BCUT2D eigenvalue weighted by Crippen LogP contribution is 2.35. The molecule has 0 saturated carbocycles. The number of hydrogen-bond acceptors (Lipinski definition) is 5. The van der Waals surface area contributed by atoms with E-state index in [1.165, 1.54) is 10.2 Å². The number of halogens is 1. The minimum Gasteiger partial charge on any atom is -0.377 e. The van der Waals surface area contributed by atoms with E-state index in [2.05, 4.69) is 4.98 Å². The summed E-state index contributed by atoms with van der Waals surface area (Å²) in [7, 11) is -3.92. The summed E-state index contributed by atoms with van der Waals surface area (Å²) in [4.78, 5) is 4.42. The molecule has 0 spiro atoms. The van der Waals surface area contributed by atoms with E-state index in [4.69, 9.17) is 16.3 Å². The molecule has 3 aromatic rings. The molecule has 2 aromatic heterocycles. The van der Waals surface area contributed by atoms with E-state index in [0.717, 1.165) is 11.1 Å². The minimum absolute atomic E-state index is 0.159. The maximum absolute atomic E-state index is 13.5. The number of aryl methyl sites for hydroxylation is 1. The molecule has 6 nitrogen and oxygen atoms in total. The Morgan fingerprint density at radius 3 is 2.68 bits per heavy atom. The smallest absolute Gasteiger partial charge is 0.269 e. The molecular weight excluding hydrogens is 398 g/mol. The van der Waals surface area contributed by atoms with Crippen LogP contribution in [0, 0.1) is 18.3 Å². The van der Waals surface area contributed by atoms with Gasteiger partial charge in [-0.25, -0.2) is 17.4 Å². The summed E-state index contributed by atoms with van der Waals surface area (Å²) in [5.41, 5.74) is 2.69. The van der Waals surface area contributed by atoms with E-state index in [1.807, 2.05) is 19.1 Å². The third-order valence-corrected chi connectivity index (χ3v) is 6.82. The lowest BCUT2D eigenvalue weighted by Crippen LogP contribution is -2.17. The van der Waals surface area contributed by atoms with Crippen LogP contribution in [0.5, 0.6) is 0 Å². The van der Waals surface area contributed by atoms with Gasteiger partial charge in [-0.3, -0.25) is 0 Å². The Bertz CT molecular complexity index is 1250. The monoisotopic (exact) mass is 413 g/mol. The Morgan fingerprint density at radius 2 is 2.04 bits per heavy atom. The molecule has 0 radical (unpaired) electrons. The topological polar surface area (TPSA) is 85.0 Å². The molecule has 0 N–H and O–H groups in total. The molecule has 0 saturated heterocycles. The highest BCUT2D eigenvalue weighted by Gasteiger charge is 2.27. The molecule has 3 heterocycles. The summed E-state index contributed by atoms with van der Waals surface area (Å²) in [6.07, 6.45) is 3.73. The third-order valence-electron chi connectivity index (χ3n) is 4.69. The SMILES string of the molecule is Cc1ccc(S(=O)(=O)n2c(C3=CCOCC3)cc3c(Cl)c(C#N)cnc32)cc1. The van der Waals surface area contributed by atoms with Gasteiger partial charge in [-0.1, -0.05) is 35.4 Å². The van der Waals surface area contributed by atoms with Crippen LogP contribution in [0.2, 0.25) is 5.02 Å². The molecule has 142 valence electrons. The Labute approximate surface area is 167 Å². The van der Waals surface area contributed by atoms with Crippen molar-refractivity contribution in [2.24, 2.45) is 0 Å². The number of nitriles is 1. The van der Waals surface area contributed by atoms with Crippen molar-refractivity contribution in [1.29, 1.82) is 5.26 Å². The predicted molar refractivity (Wildman–Crippen MR) is 107 cm³/mol. The van der Waals surface area contributed by atoms with Gasteiger partial charge in [0.05, 0.1) is 34.4 Å². The van der Waals surface area contributed by atoms with Crippen LogP contribution in [-0.4, -0.2) is 30.6 Å². The molecule has 4 rings (SSSR count). The summed E-state index contributed by atoms with van der Waals surface area (Å²) in [5.74, 6) is 0. The van der Waals surface area contributed by atoms with Crippen molar-refractivity contribution in [3.05, 3.63) is 64.4 Å². The normalized spacial score (nSPS) is 14.7. The van der Waals surface area contributed by atoms with Crippen molar-refractivity contribution < 1.29 is 13.2 Å². The van der Waals surface area contributed by atoms with E-state index >= 15 is 0 Å². The second-order valence-electron chi connectivity index (χ2n) is 6.50. The largest absolute Gasteiger partial charge is 0.377 e. The van der Waals surface area contributed by atoms with Gasteiger partial charge in [-0.2, -0.15) is 5.26 Å². The third kappa shape index (κ3) is 3.00. The molecule has 1 aliphatic heterocycles. The van der Waals surface area contributed by atoms with Crippen molar-refractivity contribution in [1.82, 2.24) is 8.96 Å². The van der Waals surface area contributed by atoms with Gasteiger partial charge in [-0.05, 0) is 37.1 Å². The van der Waals surface area contributed by atoms with Gasteiger partial charge < -0.3 is 4.74 Å². The van der Waals surface area contributed by atoms with Crippen molar-refractivity contribution >= 4 is 38.2 Å². The number of rotatable bonds is 3. The fourth-order valence-corrected chi connectivity index (χ4v) is 4.94. The van der Waals surface area contributed by atoms with Crippen molar-refractivity contribution in [2.75, 3.05) is 13.2 Å². The molecule has 28 heavy (non-hydrogen) atoms. The summed E-state index contributed by atoms with van der Waals surface area (Å²) in [6.45, 7) is 2.80. The molecule has 0 atom stereocenters. The molecule has 0 amide bonds. The van der Waals surface area contributed by atoms with Gasteiger partial charge in [0.25, 0.3) is 10.0 Å². The van der Waals surface area contributed by atoms with Crippen LogP contribution < -0.4 is 0 Å². The van der Waals surface area contributed by atoms with Gasteiger partial charge in [-0.15, -0.1) is 0 Å². The molecule has 8 heteroatoms. The number of pyridine rings is 1. The molecule has 1 aromatic carbocycles. The minimum atomic E-state index is -3.92. The zero-order valence-corrected chi connectivity index (χ0v) is 16.6. The van der Waals surface area contributed by atoms with Crippen LogP contribution in [0.1, 0.15) is 23.2 Å². The molecule has 1 aliphatic rings. The standard InChI is InChI=1S/C20H16ClN3O3S/c1-13-2-4-16(5-3-13)28(25,26)24-18(14-6-8-27-9-7-14)10-17-19(21)15(11-22)12-23-20(17)24/h2-6,10,12H,7-9H2,1H3. The van der Waals surface area contributed by atoms with Crippen LogP contribution in [-0.2, 0) is 14.8 Å². The van der Waals surface area contributed by atoms with Gasteiger partial charge in [0, 0.05) is 11.6 Å². The fourth-order valence-electron chi connectivity index (χ4n) is 3.21. The van der Waals surface area contributed by atoms with Gasteiger partial charge in [0.2, 0.25) is 0 Å². The number of ether oxygens (including phenoxy) is 1. The summed E-state index contributed by atoms with van der Waals surface area (Å²) < 4.78 is 33.6. The first-order chi connectivity index (χ1) is 13.4. The Hall–Kier alpha value is -2.66. The highest BCUT2D eigenvalue weighted by atomic mass is 35.5. The summed E-state index contributed by atoms with van der Waals surface area (Å²) in [5, 5.41) is 9.86. The maximum atomic E-state index is 13.5. The zero-order valence-electron chi connectivity index (χ0n) is 15.0. The van der Waals surface area contributed by atoms with Crippen LogP contribution in [0.4, 0.5) is 0 Å². The lowest BCUT2D eigenvalue weighted by molar-refractivity contribution is 0.161. The molecular formula is C20H16ClN3O3S. The zero-order chi connectivity index (χ0) is 19.9. The first-order valence-corrected chi connectivity index (χ1v) is 10.4. The van der Waals surface area contributed by atoms with Crippen molar-refractivity contribution in [2.45, 2.75) is 18.2 Å². The highest BCUT2D eigenvalue weighted by molar-refractivity contribution is 7.90. The van der Waals surface area contributed by atoms with Gasteiger partial charge in [0.15, 0.2) is 5.65 Å². The Balaban J connectivity index is 2.05. The first-order valence-electron chi connectivity index (χ1n) is 8.63. The second kappa shape index (κ2) is 7.06. The summed E-state index contributed by atoms with van der Waals surface area (Å²) in [6, 6.07) is 10.3. The van der Waals surface area contributed by atoms with Crippen LogP contribution in [0.3, 0.4) is 0 Å². The quantitative estimate of drug-likeness (QED) is 0.649. The molecule has 0 unspecified atom stereocenters. The van der Waals surface area contributed by atoms with Crippen LogP contribution in [0.15, 0.2) is 47.5 Å². The van der Waals surface area contributed by atoms with Crippen molar-refractivity contribution in [3.63, 3.8) is 0 Å². The van der Waals surface area contributed by atoms with E-state index in [-0.39, 0.29) is 21.1 Å².